The number of ether oxygens (including phenoxy) is 1. The predicted molar refractivity (Wildman–Crippen MR) is 76.6 cm³/mol. The lowest BCUT2D eigenvalue weighted by Gasteiger charge is -2.28. The second-order valence-corrected chi connectivity index (χ2v) is 4.69. The molecule has 2 aromatic rings. The van der Waals surface area contributed by atoms with E-state index in [1.54, 1.807) is 24.3 Å². The SMILES string of the molecule is COc1cc([C@H]2NC(=O)c3ccccc3N2)cc(O)c1O. The molecule has 1 atom stereocenters. The number of hydrogen-bond donors (Lipinski definition) is 4. The Morgan fingerprint density at radius 1 is 1.14 bits per heavy atom. The van der Waals surface area contributed by atoms with Gasteiger partial charge in [-0.05, 0) is 24.3 Å². The molecular formula is C15H14N2O4. The van der Waals surface area contributed by atoms with Crippen molar-refractivity contribution in [3.05, 3.63) is 47.5 Å². The highest BCUT2D eigenvalue weighted by Crippen LogP contribution is 2.38. The summed E-state index contributed by atoms with van der Waals surface area (Å²) in [5.41, 5.74) is 1.84. The van der Waals surface area contributed by atoms with Crippen LogP contribution in [0.4, 0.5) is 5.69 Å². The van der Waals surface area contributed by atoms with E-state index in [9.17, 15) is 15.0 Å². The zero-order chi connectivity index (χ0) is 15.0. The van der Waals surface area contributed by atoms with Gasteiger partial charge in [-0.1, -0.05) is 12.1 Å². The maximum absolute atomic E-state index is 12.1. The van der Waals surface area contributed by atoms with Gasteiger partial charge in [-0.15, -0.1) is 0 Å². The minimum Gasteiger partial charge on any atom is -0.504 e. The van der Waals surface area contributed by atoms with Crippen LogP contribution in [0.15, 0.2) is 36.4 Å². The standard InChI is InChI=1S/C15H14N2O4/c1-21-12-7-8(6-11(18)13(12)19)14-16-10-5-3-2-4-9(10)15(20)17-14/h2-7,14,16,18-19H,1H3,(H,17,20)/t14-/m1/s1. The summed E-state index contributed by atoms with van der Waals surface area (Å²) in [4.78, 5) is 12.1. The average Bonchev–Trinajstić information content (AvgIpc) is 2.50. The predicted octanol–water partition coefficient (Wildman–Crippen LogP) is 1.96. The summed E-state index contributed by atoms with van der Waals surface area (Å²) in [6.07, 6.45) is -0.521. The molecule has 0 aromatic heterocycles. The monoisotopic (exact) mass is 286 g/mol. The Morgan fingerprint density at radius 2 is 1.90 bits per heavy atom. The molecule has 1 amide bonds. The van der Waals surface area contributed by atoms with Crippen molar-refractivity contribution < 1.29 is 19.7 Å². The molecule has 1 heterocycles. The molecule has 0 radical (unpaired) electrons. The van der Waals surface area contributed by atoms with Crippen LogP contribution in [0.3, 0.4) is 0 Å². The molecule has 0 fully saturated rings. The number of phenolic OH excluding ortho intramolecular Hbond substituents is 2. The lowest BCUT2D eigenvalue weighted by Crippen LogP contribution is -2.38. The summed E-state index contributed by atoms with van der Waals surface area (Å²) in [7, 11) is 1.39. The molecule has 1 aliphatic rings. The van der Waals surface area contributed by atoms with Gasteiger partial charge in [-0.3, -0.25) is 4.79 Å². The second kappa shape index (κ2) is 4.90. The number of benzene rings is 2. The van der Waals surface area contributed by atoms with Crippen LogP contribution in [0.2, 0.25) is 0 Å². The number of aromatic hydroxyl groups is 2. The number of para-hydroxylation sites is 1. The van der Waals surface area contributed by atoms with Gasteiger partial charge in [-0.2, -0.15) is 0 Å². The molecule has 0 aliphatic carbocycles. The minimum absolute atomic E-state index is 0.139. The maximum Gasteiger partial charge on any atom is 0.255 e. The number of hydrogen-bond acceptors (Lipinski definition) is 5. The van der Waals surface area contributed by atoms with Crippen LogP contribution in [0.25, 0.3) is 0 Å². The first kappa shape index (κ1) is 13.1. The Kier molecular flexibility index (Phi) is 3.06. The van der Waals surface area contributed by atoms with Crippen molar-refractivity contribution in [3.63, 3.8) is 0 Å². The Bertz CT molecular complexity index is 715. The first-order valence-corrected chi connectivity index (χ1v) is 6.36. The molecule has 0 spiro atoms. The fourth-order valence-electron chi connectivity index (χ4n) is 2.31. The van der Waals surface area contributed by atoms with E-state index in [1.165, 1.54) is 13.2 Å². The third kappa shape index (κ3) is 2.20. The number of phenols is 2. The van der Waals surface area contributed by atoms with Gasteiger partial charge in [0.2, 0.25) is 5.75 Å². The van der Waals surface area contributed by atoms with Crippen molar-refractivity contribution in [2.24, 2.45) is 0 Å². The maximum atomic E-state index is 12.1. The highest BCUT2D eigenvalue weighted by Gasteiger charge is 2.25. The highest BCUT2D eigenvalue weighted by molar-refractivity contribution is 6.01. The summed E-state index contributed by atoms with van der Waals surface area (Å²) in [6, 6.07) is 10.1. The van der Waals surface area contributed by atoms with Crippen LogP contribution >= 0.6 is 0 Å². The Balaban J connectivity index is 2.00. The number of carbonyl (C=O) groups excluding carboxylic acids is 1. The molecule has 2 aromatic carbocycles. The average molecular weight is 286 g/mol. The third-order valence-electron chi connectivity index (χ3n) is 3.38. The van der Waals surface area contributed by atoms with Crippen LogP contribution in [0, 0.1) is 0 Å². The normalized spacial score (nSPS) is 16.6. The molecule has 21 heavy (non-hydrogen) atoms. The first-order chi connectivity index (χ1) is 10.1. The number of amides is 1. The molecule has 108 valence electrons. The van der Waals surface area contributed by atoms with Crippen molar-refractivity contribution >= 4 is 11.6 Å². The molecule has 3 rings (SSSR count). The zero-order valence-electron chi connectivity index (χ0n) is 11.3. The van der Waals surface area contributed by atoms with Crippen molar-refractivity contribution in [1.82, 2.24) is 5.32 Å². The second-order valence-electron chi connectivity index (χ2n) is 4.69. The quantitative estimate of drug-likeness (QED) is 0.634. The van der Waals surface area contributed by atoms with Gasteiger partial charge in [-0.25, -0.2) is 0 Å². The number of fused-ring (bicyclic) bond motifs is 1. The van der Waals surface area contributed by atoms with Gasteiger partial charge in [0.15, 0.2) is 11.5 Å². The molecule has 1 aliphatic heterocycles. The lowest BCUT2D eigenvalue weighted by atomic mass is 10.0. The van der Waals surface area contributed by atoms with Crippen molar-refractivity contribution in [2.75, 3.05) is 12.4 Å². The van der Waals surface area contributed by atoms with Crippen molar-refractivity contribution in [2.45, 2.75) is 6.17 Å². The van der Waals surface area contributed by atoms with E-state index in [0.717, 1.165) is 0 Å². The van der Waals surface area contributed by atoms with E-state index in [4.69, 9.17) is 4.74 Å². The summed E-state index contributed by atoms with van der Waals surface area (Å²) >= 11 is 0. The zero-order valence-corrected chi connectivity index (χ0v) is 11.3. The number of nitrogens with one attached hydrogen (secondary N) is 2. The highest BCUT2D eigenvalue weighted by atomic mass is 16.5. The Hall–Kier alpha value is -2.89. The van der Waals surface area contributed by atoms with Crippen molar-refractivity contribution in [3.8, 4) is 17.2 Å². The van der Waals surface area contributed by atoms with E-state index in [1.807, 2.05) is 6.07 Å². The van der Waals surface area contributed by atoms with Crippen LogP contribution < -0.4 is 15.4 Å². The Labute approximate surface area is 121 Å². The van der Waals surface area contributed by atoms with Crippen LogP contribution in [0.5, 0.6) is 17.2 Å². The molecular weight excluding hydrogens is 272 g/mol. The summed E-state index contributed by atoms with van der Waals surface area (Å²) in [6.45, 7) is 0. The van der Waals surface area contributed by atoms with Crippen LogP contribution in [0.1, 0.15) is 22.1 Å². The molecule has 0 unspecified atom stereocenters. The van der Waals surface area contributed by atoms with E-state index in [2.05, 4.69) is 10.6 Å². The number of methoxy groups -OCH3 is 1. The first-order valence-electron chi connectivity index (χ1n) is 6.36. The third-order valence-corrected chi connectivity index (χ3v) is 3.38. The van der Waals surface area contributed by atoms with E-state index in [-0.39, 0.29) is 23.2 Å². The molecule has 6 nitrogen and oxygen atoms in total. The van der Waals surface area contributed by atoms with Gasteiger partial charge in [0, 0.05) is 11.3 Å². The molecule has 6 heteroatoms. The molecule has 0 bridgehead atoms. The molecule has 0 saturated heterocycles. The number of carbonyl (C=O) groups is 1. The van der Waals surface area contributed by atoms with Crippen molar-refractivity contribution in [1.29, 1.82) is 0 Å². The number of anilines is 1. The molecule has 4 N–H and O–H groups in total. The van der Waals surface area contributed by atoms with Gasteiger partial charge in [0.1, 0.15) is 6.17 Å². The molecule has 0 saturated carbocycles. The van der Waals surface area contributed by atoms with Gasteiger partial charge < -0.3 is 25.6 Å². The van der Waals surface area contributed by atoms with E-state index in [0.29, 0.717) is 16.8 Å². The van der Waals surface area contributed by atoms with E-state index < -0.39 is 6.17 Å². The Morgan fingerprint density at radius 3 is 2.67 bits per heavy atom. The minimum atomic E-state index is -0.521. The van der Waals surface area contributed by atoms with Gasteiger partial charge in [0.05, 0.1) is 12.7 Å². The smallest absolute Gasteiger partial charge is 0.255 e. The van der Waals surface area contributed by atoms with Gasteiger partial charge >= 0.3 is 0 Å². The van der Waals surface area contributed by atoms with Crippen LogP contribution in [-0.2, 0) is 0 Å². The number of rotatable bonds is 2. The fraction of sp³-hybridized carbons (Fsp3) is 0.133. The van der Waals surface area contributed by atoms with Crippen LogP contribution in [-0.4, -0.2) is 23.2 Å². The fourth-order valence-corrected chi connectivity index (χ4v) is 2.31. The summed E-state index contributed by atoms with van der Waals surface area (Å²) in [5, 5.41) is 25.3. The summed E-state index contributed by atoms with van der Waals surface area (Å²) in [5.74, 6) is -0.705. The summed E-state index contributed by atoms with van der Waals surface area (Å²) < 4.78 is 5.00. The lowest BCUT2D eigenvalue weighted by molar-refractivity contribution is 0.0935. The topological polar surface area (TPSA) is 90.8 Å². The van der Waals surface area contributed by atoms with E-state index >= 15 is 0 Å². The van der Waals surface area contributed by atoms with Gasteiger partial charge in [0.25, 0.3) is 5.91 Å². The largest absolute Gasteiger partial charge is 0.504 e.